The third kappa shape index (κ3) is 5.15. The van der Waals surface area contributed by atoms with E-state index in [1.165, 1.54) is 11.6 Å². The standard InChI is InChI=1S/C17H21NO4S2/c1-17(2,3)14-8-6-13(7-9-14)12-22-15(19)11-18-24(20,21)16-5-4-10-23-16/h4-10,18H,11-12H2,1-3H3. The molecule has 130 valence electrons. The number of benzene rings is 1. The van der Waals surface area contributed by atoms with E-state index in [1.54, 1.807) is 11.4 Å². The van der Waals surface area contributed by atoms with Gasteiger partial charge >= 0.3 is 5.97 Å². The Labute approximate surface area is 146 Å². The molecule has 0 fully saturated rings. The topological polar surface area (TPSA) is 72.5 Å². The number of hydrogen-bond donors (Lipinski definition) is 1. The van der Waals surface area contributed by atoms with Crippen LogP contribution in [0.15, 0.2) is 46.0 Å². The molecule has 5 nitrogen and oxygen atoms in total. The summed E-state index contributed by atoms with van der Waals surface area (Å²) in [5.41, 5.74) is 2.12. The number of nitrogens with one attached hydrogen (secondary N) is 1. The summed E-state index contributed by atoms with van der Waals surface area (Å²) in [6.45, 7) is 6.11. The highest BCUT2D eigenvalue weighted by atomic mass is 32.2. The zero-order valence-electron chi connectivity index (χ0n) is 13.9. The second kappa shape index (κ2) is 7.46. The van der Waals surface area contributed by atoms with Gasteiger partial charge in [-0.15, -0.1) is 11.3 Å². The second-order valence-corrected chi connectivity index (χ2v) is 9.31. The van der Waals surface area contributed by atoms with Crippen LogP contribution in [0.1, 0.15) is 31.9 Å². The van der Waals surface area contributed by atoms with Crippen LogP contribution in [0.25, 0.3) is 0 Å². The highest BCUT2D eigenvalue weighted by Crippen LogP contribution is 2.22. The summed E-state index contributed by atoms with van der Waals surface area (Å²) in [4.78, 5) is 11.7. The number of carbonyl (C=O) groups is 1. The molecule has 1 heterocycles. The van der Waals surface area contributed by atoms with Gasteiger partial charge in [-0.3, -0.25) is 4.79 Å². The van der Waals surface area contributed by atoms with Gasteiger partial charge in [0.15, 0.2) is 0 Å². The van der Waals surface area contributed by atoms with E-state index in [0.29, 0.717) is 0 Å². The lowest BCUT2D eigenvalue weighted by atomic mass is 9.87. The smallest absolute Gasteiger partial charge is 0.321 e. The number of rotatable bonds is 6. The van der Waals surface area contributed by atoms with Gasteiger partial charge in [0.25, 0.3) is 10.0 Å². The molecule has 0 saturated carbocycles. The quantitative estimate of drug-likeness (QED) is 0.797. The van der Waals surface area contributed by atoms with Gasteiger partial charge in [-0.25, -0.2) is 8.42 Å². The number of thiophene rings is 1. The first-order chi connectivity index (χ1) is 11.2. The summed E-state index contributed by atoms with van der Waals surface area (Å²) in [5, 5.41) is 1.66. The molecular weight excluding hydrogens is 346 g/mol. The van der Waals surface area contributed by atoms with E-state index in [-0.39, 0.29) is 22.8 Å². The molecule has 2 rings (SSSR count). The van der Waals surface area contributed by atoms with Crippen LogP contribution in [0.2, 0.25) is 0 Å². The van der Waals surface area contributed by atoms with Crippen LogP contribution < -0.4 is 4.72 Å². The molecule has 0 aliphatic carbocycles. The van der Waals surface area contributed by atoms with Crippen LogP contribution in [0.3, 0.4) is 0 Å². The van der Waals surface area contributed by atoms with Crippen LogP contribution in [0.5, 0.6) is 0 Å². The van der Waals surface area contributed by atoms with E-state index in [2.05, 4.69) is 25.5 Å². The van der Waals surface area contributed by atoms with Gasteiger partial charge in [-0.1, -0.05) is 51.1 Å². The maximum Gasteiger partial charge on any atom is 0.321 e. The second-order valence-electron chi connectivity index (χ2n) is 6.36. The van der Waals surface area contributed by atoms with E-state index in [0.717, 1.165) is 16.9 Å². The van der Waals surface area contributed by atoms with E-state index in [9.17, 15) is 13.2 Å². The fraction of sp³-hybridized carbons (Fsp3) is 0.353. The van der Waals surface area contributed by atoms with Crippen molar-refractivity contribution in [1.29, 1.82) is 0 Å². The molecule has 0 bridgehead atoms. The molecule has 0 saturated heterocycles. The zero-order valence-corrected chi connectivity index (χ0v) is 15.5. The van der Waals surface area contributed by atoms with Gasteiger partial charge in [-0.05, 0) is 28.0 Å². The molecule has 24 heavy (non-hydrogen) atoms. The molecule has 0 atom stereocenters. The van der Waals surface area contributed by atoms with Gasteiger partial charge in [0.2, 0.25) is 0 Å². The molecule has 7 heteroatoms. The van der Waals surface area contributed by atoms with Gasteiger partial charge in [0.05, 0.1) is 0 Å². The van der Waals surface area contributed by atoms with Gasteiger partial charge < -0.3 is 4.74 Å². The number of carbonyl (C=O) groups excluding carboxylic acids is 1. The predicted octanol–water partition coefficient (Wildman–Crippen LogP) is 3.07. The molecule has 0 amide bonds. The molecular formula is C17H21NO4S2. The van der Waals surface area contributed by atoms with Crippen molar-refractivity contribution in [3.05, 3.63) is 52.9 Å². The van der Waals surface area contributed by atoms with Crippen LogP contribution in [0.4, 0.5) is 0 Å². The van der Waals surface area contributed by atoms with E-state index >= 15 is 0 Å². The normalized spacial score (nSPS) is 12.1. The Morgan fingerprint density at radius 1 is 1.17 bits per heavy atom. The first-order valence-corrected chi connectivity index (χ1v) is 9.83. The summed E-state index contributed by atoms with van der Waals surface area (Å²) < 4.78 is 31.3. The fourth-order valence-corrected chi connectivity index (χ4v) is 3.96. The average Bonchev–Trinajstić information content (AvgIpc) is 3.06. The first kappa shape index (κ1) is 18.6. The van der Waals surface area contributed by atoms with Crippen molar-refractivity contribution in [2.75, 3.05) is 6.54 Å². The van der Waals surface area contributed by atoms with Crippen molar-refractivity contribution < 1.29 is 17.9 Å². The Kier molecular flexibility index (Phi) is 5.79. The fourth-order valence-electron chi connectivity index (χ4n) is 1.96. The predicted molar refractivity (Wildman–Crippen MR) is 94.4 cm³/mol. The lowest BCUT2D eigenvalue weighted by Crippen LogP contribution is -2.30. The Morgan fingerprint density at radius 2 is 1.83 bits per heavy atom. The molecule has 1 aromatic heterocycles. The SMILES string of the molecule is CC(C)(C)c1ccc(COC(=O)CNS(=O)(=O)c2cccs2)cc1. The monoisotopic (exact) mass is 367 g/mol. The number of sulfonamides is 1. The van der Waals surface area contributed by atoms with E-state index in [1.807, 2.05) is 24.3 Å². The number of esters is 1. The van der Waals surface area contributed by atoms with Crippen LogP contribution in [0, 0.1) is 0 Å². The van der Waals surface area contributed by atoms with Crippen molar-refractivity contribution in [3.8, 4) is 0 Å². The lowest BCUT2D eigenvalue weighted by molar-refractivity contribution is -0.143. The maximum atomic E-state index is 11.9. The molecule has 0 aliphatic rings. The largest absolute Gasteiger partial charge is 0.460 e. The summed E-state index contributed by atoms with van der Waals surface area (Å²) >= 11 is 1.09. The van der Waals surface area contributed by atoms with Gasteiger partial charge in [0, 0.05) is 0 Å². The Bertz CT molecular complexity index is 773. The molecule has 0 unspecified atom stereocenters. The van der Waals surface area contributed by atoms with Crippen LogP contribution in [-0.4, -0.2) is 20.9 Å². The molecule has 1 N–H and O–H groups in total. The van der Waals surface area contributed by atoms with Crippen molar-refractivity contribution in [1.82, 2.24) is 4.72 Å². The Balaban J connectivity index is 1.83. The summed E-state index contributed by atoms with van der Waals surface area (Å²) in [5.74, 6) is -0.616. The first-order valence-electron chi connectivity index (χ1n) is 7.47. The van der Waals surface area contributed by atoms with Gasteiger partial charge in [0.1, 0.15) is 17.4 Å². The van der Waals surface area contributed by atoms with E-state index in [4.69, 9.17) is 4.74 Å². The average molecular weight is 367 g/mol. The molecule has 0 spiro atoms. The summed E-state index contributed by atoms with van der Waals surface area (Å²) in [6, 6.07) is 10.9. The minimum Gasteiger partial charge on any atom is -0.460 e. The summed E-state index contributed by atoms with van der Waals surface area (Å²) in [6.07, 6.45) is 0. The Hall–Kier alpha value is -1.70. The van der Waals surface area contributed by atoms with Gasteiger partial charge in [-0.2, -0.15) is 4.72 Å². The minimum absolute atomic E-state index is 0.0648. The highest BCUT2D eigenvalue weighted by molar-refractivity contribution is 7.91. The minimum atomic E-state index is -3.65. The van der Waals surface area contributed by atoms with Crippen molar-refractivity contribution in [2.24, 2.45) is 0 Å². The van der Waals surface area contributed by atoms with Crippen molar-refractivity contribution in [2.45, 2.75) is 37.0 Å². The van der Waals surface area contributed by atoms with Crippen LogP contribution >= 0.6 is 11.3 Å². The van der Waals surface area contributed by atoms with Crippen LogP contribution in [-0.2, 0) is 31.6 Å². The molecule has 0 aliphatic heterocycles. The maximum absolute atomic E-state index is 11.9. The number of hydrogen-bond acceptors (Lipinski definition) is 5. The molecule has 1 aromatic carbocycles. The van der Waals surface area contributed by atoms with Crippen molar-refractivity contribution >= 4 is 27.3 Å². The Morgan fingerprint density at radius 3 is 2.38 bits per heavy atom. The molecule has 2 aromatic rings. The zero-order chi connectivity index (χ0) is 17.8. The number of ether oxygens (including phenoxy) is 1. The lowest BCUT2D eigenvalue weighted by Gasteiger charge is -2.19. The van der Waals surface area contributed by atoms with Crippen molar-refractivity contribution in [3.63, 3.8) is 0 Å². The highest BCUT2D eigenvalue weighted by Gasteiger charge is 2.17. The summed E-state index contributed by atoms with van der Waals surface area (Å²) in [7, 11) is -3.65. The van der Waals surface area contributed by atoms with E-state index < -0.39 is 16.0 Å². The third-order valence-electron chi connectivity index (χ3n) is 3.39. The molecule has 0 radical (unpaired) electrons. The third-order valence-corrected chi connectivity index (χ3v) is 6.18.